The van der Waals surface area contributed by atoms with Crippen molar-refractivity contribution in [2.45, 2.75) is 13.0 Å². The minimum Gasteiger partial charge on any atom is -0.453 e. The lowest BCUT2D eigenvalue weighted by Crippen LogP contribution is -3.27. The minimum absolute atomic E-state index is 0.0421. The smallest absolute Gasteiger partial charge is 0.338 e. The van der Waals surface area contributed by atoms with Gasteiger partial charge in [0.1, 0.15) is 38.8 Å². The van der Waals surface area contributed by atoms with Gasteiger partial charge in [-0.15, -0.1) is 0 Å². The van der Waals surface area contributed by atoms with E-state index < -0.39 is 0 Å². The van der Waals surface area contributed by atoms with Gasteiger partial charge in [-0.05, 0) is 31.2 Å². The molecule has 0 saturated carbocycles. The molecule has 1 aliphatic heterocycles. The first kappa shape index (κ1) is 15.5. The summed E-state index contributed by atoms with van der Waals surface area (Å²) >= 11 is 3.36. The van der Waals surface area contributed by atoms with Gasteiger partial charge in [0.2, 0.25) is 0 Å². The summed E-state index contributed by atoms with van der Waals surface area (Å²) in [5.74, 6) is -0.232. The SMILES string of the molecule is CC(C[NH+]1CC[NH+](C)CC1)OC(=O)c1ccc(Br)cc1. The fourth-order valence-corrected chi connectivity index (χ4v) is 2.78. The first-order valence-corrected chi connectivity index (χ1v) is 7.95. The van der Waals surface area contributed by atoms with Gasteiger partial charge in [-0.2, -0.15) is 0 Å². The lowest BCUT2D eigenvalue weighted by atomic mass is 10.2. The lowest BCUT2D eigenvalue weighted by Gasteiger charge is -2.28. The number of halogens is 1. The molecule has 0 amide bonds. The van der Waals surface area contributed by atoms with E-state index in [1.54, 1.807) is 17.0 Å². The van der Waals surface area contributed by atoms with E-state index in [0.717, 1.165) is 24.1 Å². The van der Waals surface area contributed by atoms with E-state index in [0.29, 0.717) is 5.56 Å². The number of rotatable bonds is 4. The molecule has 0 spiro atoms. The summed E-state index contributed by atoms with van der Waals surface area (Å²) in [6.45, 7) is 7.59. The molecule has 110 valence electrons. The van der Waals surface area contributed by atoms with Crippen LogP contribution in [0.5, 0.6) is 0 Å². The lowest BCUT2D eigenvalue weighted by molar-refractivity contribution is -1.00. The standard InChI is InChI=1S/C15H21BrN2O2/c1-12(11-18-9-7-17(2)8-10-18)20-15(19)13-3-5-14(16)6-4-13/h3-6,12H,7-11H2,1-2H3/p+2. The average Bonchev–Trinajstić information content (AvgIpc) is 2.42. The van der Waals surface area contributed by atoms with Crippen molar-refractivity contribution in [2.24, 2.45) is 0 Å². The second kappa shape index (κ2) is 7.20. The maximum absolute atomic E-state index is 12.0. The van der Waals surface area contributed by atoms with E-state index in [2.05, 4.69) is 23.0 Å². The van der Waals surface area contributed by atoms with Gasteiger partial charge in [-0.3, -0.25) is 0 Å². The third-order valence-corrected chi connectivity index (χ3v) is 4.30. The van der Waals surface area contributed by atoms with E-state index in [9.17, 15) is 4.79 Å². The molecule has 1 aromatic carbocycles. The van der Waals surface area contributed by atoms with Crippen LogP contribution in [-0.2, 0) is 4.74 Å². The first-order chi connectivity index (χ1) is 9.54. The molecule has 1 saturated heterocycles. The number of piperazine rings is 1. The molecule has 1 fully saturated rings. The van der Waals surface area contributed by atoms with Crippen LogP contribution in [0.4, 0.5) is 0 Å². The monoisotopic (exact) mass is 342 g/mol. The van der Waals surface area contributed by atoms with Crippen LogP contribution < -0.4 is 9.80 Å². The molecular weight excluding hydrogens is 320 g/mol. The second-order valence-electron chi connectivity index (χ2n) is 5.63. The number of quaternary nitrogens is 2. The second-order valence-corrected chi connectivity index (χ2v) is 6.55. The summed E-state index contributed by atoms with van der Waals surface area (Å²) < 4.78 is 6.49. The van der Waals surface area contributed by atoms with Gasteiger partial charge < -0.3 is 14.5 Å². The van der Waals surface area contributed by atoms with Gasteiger partial charge in [0.25, 0.3) is 0 Å². The van der Waals surface area contributed by atoms with Crippen molar-refractivity contribution >= 4 is 21.9 Å². The van der Waals surface area contributed by atoms with Gasteiger partial charge >= 0.3 is 5.97 Å². The summed E-state index contributed by atoms with van der Waals surface area (Å²) in [5.41, 5.74) is 0.609. The number of hydrogen-bond donors (Lipinski definition) is 2. The molecule has 1 aromatic rings. The molecule has 1 aliphatic rings. The van der Waals surface area contributed by atoms with Crippen molar-refractivity contribution in [3.8, 4) is 0 Å². The van der Waals surface area contributed by atoms with Crippen LogP contribution in [0.1, 0.15) is 17.3 Å². The normalized spacial score (nSPS) is 24.1. The Hall–Kier alpha value is -0.910. The fraction of sp³-hybridized carbons (Fsp3) is 0.533. The molecule has 0 aliphatic carbocycles. The predicted molar refractivity (Wildman–Crippen MR) is 81.2 cm³/mol. The van der Waals surface area contributed by atoms with E-state index in [1.165, 1.54) is 18.0 Å². The minimum atomic E-state index is -0.232. The Morgan fingerprint density at radius 3 is 2.45 bits per heavy atom. The summed E-state index contributed by atoms with van der Waals surface area (Å²) in [5, 5.41) is 0. The zero-order valence-electron chi connectivity index (χ0n) is 12.1. The predicted octanol–water partition coefficient (Wildman–Crippen LogP) is -0.592. The Labute approximate surface area is 128 Å². The molecule has 2 rings (SSSR count). The maximum Gasteiger partial charge on any atom is 0.338 e. The van der Waals surface area contributed by atoms with Gasteiger partial charge in [0.15, 0.2) is 0 Å². The average molecular weight is 343 g/mol. The van der Waals surface area contributed by atoms with E-state index in [1.807, 2.05) is 19.1 Å². The number of likely N-dealkylation sites (N-methyl/N-ethyl adjacent to an activating group) is 1. The molecule has 1 unspecified atom stereocenters. The van der Waals surface area contributed by atoms with Crippen LogP contribution in [0.15, 0.2) is 28.7 Å². The van der Waals surface area contributed by atoms with Crippen molar-refractivity contribution in [1.29, 1.82) is 0 Å². The zero-order valence-corrected chi connectivity index (χ0v) is 13.7. The van der Waals surface area contributed by atoms with Gasteiger partial charge in [-0.1, -0.05) is 15.9 Å². The largest absolute Gasteiger partial charge is 0.453 e. The first-order valence-electron chi connectivity index (χ1n) is 7.16. The number of nitrogens with one attached hydrogen (secondary N) is 2. The van der Waals surface area contributed by atoms with Crippen molar-refractivity contribution in [3.05, 3.63) is 34.3 Å². The summed E-state index contributed by atoms with van der Waals surface area (Å²) in [7, 11) is 2.23. The Morgan fingerprint density at radius 1 is 1.25 bits per heavy atom. The van der Waals surface area contributed by atoms with Crippen LogP contribution >= 0.6 is 15.9 Å². The van der Waals surface area contributed by atoms with Crippen LogP contribution in [-0.4, -0.2) is 51.8 Å². The van der Waals surface area contributed by atoms with Gasteiger partial charge in [0, 0.05) is 4.47 Å². The van der Waals surface area contributed by atoms with Gasteiger partial charge in [0.05, 0.1) is 12.6 Å². The highest BCUT2D eigenvalue weighted by Gasteiger charge is 2.23. The molecule has 2 N–H and O–H groups in total. The highest BCUT2D eigenvalue weighted by atomic mass is 79.9. The Balaban J connectivity index is 1.80. The van der Waals surface area contributed by atoms with Crippen molar-refractivity contribution in [2.75, 3.05) is 39.8 Å². The Bertz CT molecular complexity index is 442. The van der Waals surface area contributed by atoms with Crippen LogP contribution in [0.3, 0.4) is 0 Å². The quantitative estimate of drug-likeness (QED) is 0.717. The summed E-state index contributed by atoms with van der Waals surface area (Å²) in [6, 6.07) is 7.28. The van der Waals surface area contributed by atoms with Crippen LogP contribution in [0.25, 0.3) is 0 Å². The number of esters is 1. The number of ether oxygens (including phenoxy) is 1. The van der Waals surface area contributed by atoms with Crippen LogP contribution in [0.2, 0.25) is 0 Å². The molecule has 0 bridgehead atoms. The molecule has 4 nitrogen and oxygen atoms in total. The molecule has 0 aromatic heterocycles. The molecule has 1 heterocycles. The third kappa shape index (κ3) is 4.58. The number of carbonyl (C=O) groups is 1. The molecular formula is C15H23BrN2O2+2. The summed E-state index contributed by atoms with van der Waals surface area (Å²) in [6.07, 6.45) is -0.0421. The van der Waals surface area contributed by atoms with E-state index in [4.69, 9.17) is 4.74 Å². The van der Waals surface area contributed by atoms with E-state index >= 15 is 0 Å². The summed E-state index contributed by atoms with van der Waals surface area (Å²) in [4.78, 5) is 15.1. The molecule has 5 heteroatoms. The fourth-order valence-electron chi connectivity index (χ4n) is 2.52. The number of carbonyl (C=O) groups excluding carboxylic acids is 1. The third-order valence-electron chi connectivity index (χ3n) is 3.77. The molecule has 0 radical (unpaired) electrons. The molecule has 1 atom stereocenters. The number of benzene rings is 1. The Kier molecular flexibility index (Phi) is 5.57. The Morgan fingerprint density at radius 2 is 1.85 bits per heavy atom. The topological polar surface area (TPSA) is 35.2 Å². The molecule has 20 heavy (non-hydrogen) atoms. The van der Waals surface area contributed by atoms with Crippen molar-refractivity contribution in [3.63, 3.8) is 0 Å². The number of hydrogen-bond acceptors (Lipinski definition) is 2. The highest BCUT2D eigenvalue weighted by molar-refractivity contribution is 9.10. The zero-order chi connectivity index (χ0) is 14.5. The van der Waals surface area contributed by atoms with E-state index in [-0.39, 0.29) is 12.1 Å². The van der Waals surface area contributed by atoms with Crippen molar-refractivity contribution < 1.29 is 19.3 Å². The van der Waals surface area contributed by atoms with Gasteiger partial charge in [-0.25, -0.2) is 4.79 Å². The highest BCUT2D eigenvalue weighted by Crippen LogP contribution is 2.11. The van der Waals surface area contributed by atoms with Crippen molar-refractivity contribution in [1.82, 2.24) is 0 Å². The van der Waals surface area contributed by atoms with Crippen LogP contribution in [0, 0.1) is 0 Å². The maximum atomic E-state index is 12.0.